The lowest BCUT2D eigenvalue weighted by Crippen LogP contribution is -2.47. The number of likely N-dealkylation sites (tertiary alicyclic amines) is 1. The van der Waals surface area contributed by atoms with Crippen LogP contribution < -0.4 is 9.64 Å². The predicted octanol–water partition coefficient (Wildman–Crippen LogP) is 4.65. The van der Waals surface area contributed by atoms with Crippen LogP contribution in [0, 0.1) is 23.6 Å². The topological polar surface area (TPSA) is 62.7 Å². The predicted molar refractivity (Wildman–Crippen MR) is 113 cm³/mol. The molecule has 0 aliphatic carbocycles. The number of anilines is 1. The van der Waals surface area contributed by atoms with E-state index in [4.69, 9.17) is 4.74 Å². The van der Waals surface area contributed by atoms with E-state index in [1.807, 2.05) is 0 Å². The molecular formula is C23H27F2N3O3. The maximum atomic E-state index is 13.7. The highest BCUT2D eigenvalue weighted by Crippen LogP contribution is 2.31. The second kappa shape index (κ2) is 10.3. The van der Waals surface area contributed by atoms with Gasteiger partial charge in [-0.1, -0.05) is 13.8 Å². The number of rotatable bonds is 7. The van der Waals surface area contributed by atoms with Crippen molar-refractivity contribution in [3.05, 3.63) is 54.4 Å². The van der Waals surface area contributed by atoms with Crippen molar-refractivity contribution in [2.45, 2.75) is 39.2 Å². The van der Waals surface area contributed by atoms with Gasteiger partial charge in [-0.2, -0.15) is 4.39 Å². The number of carbonyl (C=O) groups is 2. The molecule has 166 valence electrons. The molecule has 0 spiro atoms. The molecule has 0 radical (unpaired) electrons. The van der Waals surface area contributed by atoms with Gasteiger partial charge in [0, 0.05) is 31.0 Å². The lowest BCUT2D eigenvalue weighted by Gasteiger charge is -2.40. The molecule has 1 aliphatic heterocycles. The highest BCUT2D eigenvalue weighted by Gasteiger charge is 2.33. The van der Waals surface area contributed by atoms with E-state index < -0.39 is 12.0 Å². The second-order valence-corrected chi connectivity index (χ2v) is 8.17. The van der Waals surface area contributed by atoms with Crippen LogP contribution in [-0.4, -0.2) is 41.5 Å². The molecule has 6 nitrogen and oxygen atoms in total. The number of pyridine rings is 1. The Kier molecular flexibility index (Phi) is 7.55. The number of ether oxygens (including phenoxy) is 1. The van der Waals surface area contributed by atoms with Crippen LogP contribution in [0.1, 0.15) is 33.1 Å². The molecule has 1 aromatic heterocycles. The van der Waals surface area contributed by atoms with E-state index in [0.29, 0.717) is 37.5 Å². The third-order valence-corrected chi connectivity index (χ3v) is 5.57. The number of piperidine rings is 1. The average molecular weight is 431 g/mol. The molecule has 1 fully saturated rings. The van der Waals surface area contributed by atoms with Crippen LogP contribution in [-0.2, 0) is 4.79 Å². The Bertz CT molecular complexity index is 884. The van der Waals surface area contributed by atoms with Crippen molar-refractivity contribution < 1.29 is 23.1 Å². The summed E-state index contributed by atoms with van der Waals surface area (Å²) in [5, 5.41) is 0. The number of hydrogen-bond donors (Lipinski definition) is 0. The molecule has 1 saturated heterocycles. The first-order valence-electron chi connectivity index (χ1n) is 10.5. The zero-order chi connectivity index (χ0) is 22.4. The third-order valence-electron chi connectivity index (χ3n) is 5.57. The number of carbonyl (C=O) groups excluding carboxylic acids is 2. The SMILES string of the molecule is CC(C)CC(C1CCN(C(=O)Oc2cccnc2F)CC1)N(C=O)c1ccc(F)cc1. The van der Waals surface area contributed by atoms with E-state index in [-0.39, 0.29) is 23.5 Å². The lowest BCUT2D eigenvalue weighted by molar-refractivity contribution is -0.108. The second-order valence-electron chi connectivity index (χ2n) is 8.17. The Morgan fingerprint density at radius 3 is 2.48 bits per heavy atom. The monoisotopic (exact) mass is 431 g/mol. The summed E-state index contributed by atoms with van der Waals surface area (Å²) < 4.78 is 32.1. The van der Waals surface area contributed by atoms with E-state index in [9.17, 15) is 18.4 Å². The minimum Gasteiger partial charge on any atom is -0.405 e. The fourth-order valence-corrected chi connectivity index (χ4v) is 4.03. The number of nitrogens with zero attached hydrogens (tertiary/aromatic N) is 3. The van der Waals surface area contributed by atoms with E-state index in [0.717, 1.165) is 12.8 Å². The normalized spacial score (nSPS) is 15.6. The van der Waals surface area contributed by atoms with Crippen molar-refractivity contribution in [3.63, 3.8) is 0 Å². The van der Waals surface area contributed by atoms with Gasteiger partial charge in [-0.25, -0.2) is 14.2 Å². The summed E-state index contributed by atoms with van der Waals surface area (Å²) in [5.41, 5.74) is 0.649. The van der Waals surface area contributed by atoms with Gasteiger partial charge < -0.3 is 14.5 Å². The smallest absolute Gasteiger partial charge is 0.405 e. The average Bonchev–Trinajstić information content (AvgIpc) is 2.76. The standard InChI is InChI=1S/C23H27F2N3O3/c1-16(2)14-20(28(15-29)19-7-5-18(24)6-8-19)17-9-12-27(13-10-17)23(30)31-21-4-3-11-26-22(21)25/h3-8,11,15-17,20H,9-10,12-14H2,1-2H3. The van der Waals surface area contributed by atoms with Crippen molar-refractivity contribution in [2.24, 2.45) is 11.8 Å². The highest BCUT2D eigenvalue weighted by molar-refractivity contribution is 5.76. The molecule has 1 unspecified atom stereocenters. The van der Waals surface area contributed by atoms with Crippen LogP contribution in [0.25, 0.3) is 0 Å². The number of hydrogen-bond acceptors (Lipinski definition) is 4. The first-order valence-corrected chi connectivity index (χ1v) is 10.5. The van der Waals surface area contributed by atoms with Gasteiger partial charge in [0.05, 0.1) is 0 Å². The van der Waals surface area contributed by atoms with Crippen LogP contribution in [0.4, 0.5) is 19.3 Å². The molecule has 2 heterocycles. The Hall–Kier alpha value is -3.03. The van der Waals surface area contributed by atoms with Crippen molar-refractivity contribution >= 4 is 18.2 Å². The molecule has 1 atom stereocenters. The summed E-state index contributed by atoms with van der Waals surface area (Å²) in [4.78, 5) is 31.1. The number of halogens is 2. The molecule has 31 heavy (non-hydrogen) atoms. The van der Waals surface area contributed by atoms with Gasteiger partial charge in [0.2, 0.25) is 6.41 Å². The molecule has 3 rings (SSSR count). The summed E-state index contributed by atoms with van der Waals surface area (Å²) in [7, 11) is 0. The molecule has 8 heteroatoms. The van der Waals surface area contributed by atoms with Crippen molar-refractivity contribution in [2.75, 3.05) is 18.0 Å². The maximum Gasteiger partial charge on any atom is 0.415 e. The van der Waals surface area contributed by atoms with Crippen molar-refractivity contribution in [1.29, 1.82) is 0 Å². The highest BCUT2D eigenvalue weighted by atomic mass is 19.1. The molecule has 0 N–H and O–H groups in total. The first kappa shape index (κ1) is 22.7. The first-order chi connectivity index (χ1) is 14.9. The molecule has 0 saturated carbocycles. The largest absolute Gasteiger partial charge is 0.415 e. The lowest BCUT2D eigenvalue weighted by atomic mass is 9.84. The Morgan fingerprint density at radius 1 is 1.23 bits per heavy atom. The van der Waals surface area contributed by atoms with Crippen LogP contribution >= 0.6 is 0 Å². The van der Waals surface area contributed by atoms with Gasteiger partial charge >= 0.3 is 6.09 Å². The van der Waals surface area contributed by atoms with Crippen LogP contribution in [0.15, 0.2) is 42.6 Å². The summed E-state index contributed by atoms with van der Waals surface area (Å²) in [6.45, 7) is 5.07. The van der Waals surface area contributed by atoms with Gasteiger partial charge in [0.15, 0.2) is 5.75 Å². The molecule has 2 aromatic rings. The fourth-order valence-electron chi connectivity index (χ4n) is 4.03. The molecule has 1 aliphatic rings. The third kappa shape index (κ3) is 5.77. The van der Waals surface area contributed by atoms with E-state index in [1.165, 1.54) is 30.5 Å². The minimum absolute atomic E-state index is 0.0723. The molecular weight excluding hydrogens is 404 g/mol. The van der Waals surface area contributed by atoms with Gasteiger partial charge in [-0.15, -0.1) is 0 Å². The van der Waals surface area contributed by atoms with Crippen LogP contribution in [0.2, 0.25) is 0 Å². The number of amides is 2. The van der Waals surface area contributed by atoms with E-state index in [1.54, 1.807) is 21.9 Å². The van der Waals surface area contributed by atoms with E-state index in [2.05, 4.69) is 18.8 Å². The van der Waals surface area contributed by atoms with Crippen molar-refractivity contribution in [3.8, 4) is 5.75 Å². The fraction of sp³-hybridized carbons (Fsp3) is 0.435. The van der Waals surface area contributed by atoms with Gasteiger partial charge in [0.25, 0.3) is 5.95 Å². The van der Waals surface area contributed by atoms with Gasteiger partial charge in [0.1, 0.15) is 5.82 Å². The summed E-state index contributed by atoms with van der Waals surface area (Å²) >= 11 is 0. The summed E-state index contributed by atoms with van der Waals surface area (Å²) in [6.07, 6.45) is 3.60. The van der Waals surface area contributed by atoms with Crippen molar-refractivity contribution in [1.82, 2.24) is 9.88 Å². The molecule has 0 bridgehead atoms. The maximum absolute atomic E-state index is 13.7. The Morgan fingerprint density at radius 2 is 1.90 bits per heavy atom. The van der Waals surface area contributed by atoms with Crippen LogP contribution in [0.3, 0.4) is 0 Å². The molecule has 2 amide bonds. The van der Waals surface area contributed by atoms with Gasteiger partial charge in [-0.05, 0) is 67.5 Å². The quantitative estimate of drug-likeness (QED) is 0.473. The minimum atomic E-state index is -0.830. The Labute approximate surface area is 180 Å². The summed E-state index contributed by atoms with van der Waals surface area (Å²) in [6, 6.07) is 8.67. The zero-order valence-corrected chi connectivity index (χ0v) is 17.7. The van der Waals surface area contributed by atoms with E-state index >= 15 is 0 Å². The Balaban J connectivity index is 1.67. The van der Waals surface area contributed by atoms with Crippen LogP contribution in [0.5, 0.6) is 5.75 Å². The van der Waals surface area contributed by atoms with Gasteiger partial charge in [-0.3, -0.25) is 4.79 Å². The number of benzene rings is 1. The summed E-state index contributed by atoms with van der Waals surface area (Å²) in [5.74, 6) is -0.868. The number of aromatic nitrogens is 1. The zero-order valence-electron chi connectivity index (χ0n) is 17.7. The molecule has 1 aromatic carbocycles.